The molecule has 0 amide bonds. The van der Waals surface area contributed by atoms with Gasteiger partial charge in [-0.3, -0.25) is 0 Å². The van der Waals surface area contributed by atoms with Crippen molar-refractivity contribution in [2.24, 2.45) is 0 Å². The highest BCUT2D eigenvalue weighted by atomic mass is 19.4. The highest BCUT2D eigenvalue weighted by Crippen LogP contribution is 2.31. The van der Waals surface area contributed by atoms with Crippen LogP contribution in [0.4, 0.5) is 13.2 Å². The lowest BCUT2D eigenvalue weighted by molar-refractivity contribution is -0.175. The van der Waals surface area contributed by atoms with Crippen LogP contribution in [0.15, 0.2) is 0 Å². The summed E-state index contributed by atoms with van der Waals surface area (Å²) in [5.41, 5.74) is 6.23. The fourth-order valence-electron chi connectivity index (χ4n) is 2.56. The van der Waals surface area contributed by atoms with Crippen molar-refractivity contribution in [1.29, 1.82) is 0 Å². The van der Waals surface area contributed by atoms with E-state index in [4.69, 9.17) is 0 Å². The third kappa shape index (κ3) is 4.45. The van der Waals surface area contributed by atoms with E-state index in [1.807, 2.05) is 34.6 Å². The monoisotopic (exact) mass is 304 g/mol. The number of hydrogen-bond acceptors (Lipinski definition) is 2. The summed E-state index contributed by atoms with van der Waals surface area (Å²) in [6, 6.07) is 0. The van der Waals surface area contributed by atoms with Crippen molar-refractivity contribution in [2.75, 3.05) is 13.2 Å². The Hall–Kier alpha value is -1.07. The molecule has 0 aliphatic rings. The van der Waals surface area contributed by atoms with Gasteiger partial charge in [0.25, 0.3) is 0 Å². The maximum absolute atomic E-state index is 12.0. The van der Waals surface area contributed by atoms with Gasteiger partial charge in [0.05, 0.1) is 6.10 Å². The highest BCUT2D eigenvalue weighted by molar-refractivity contribution is 5.50. The quantitative estimate of drug-likeness (QED) is 0.825. The van der Waals surface area contributed by atoms with E-state index in [1.54, 1.807) is 0 Å². The second-order valence-electron chi connectivity index (χ2n) is 5.51. The van der Waals surface area contributed by atoms with E-state index in [0.717, 1.165) is 27.8 Å². The predicted octanol–water partition coefficient (Wildman–Crippen LogP) is 4.23. The number of aliphatic hydroxyl groups excluding tert-OH is 1. The number of rotatable bonds is 5. The lowest BCUT2D eigenvalue weighted by Gasteiger charge is -2.22. The topological polar surface area (TPSA) is 29.5 Å². The molecule has 2 nitrogen and oxygen atoms in total. The zero-order valence-electron chi connectivity index (χ0n) is 13.2. The van der Waals surface area contributed by atoms with Gasteiger partial charge in [-0.25, -0.2) is 0 Å². The first-order valence-corrected chi connectivity index (χ1v) is 6.95. The number of ether oxygens (including phenoxy) is 1. The molecule has 0 bridgehead atoms. The van der Waals surface area contributed by atoms with E-state index >= 15 is 0 Å². The van der Waals surface area contributed by atoms with Crippen LogP contribution in [0.3, 0.4) is 0 Å². The first kappa shape index (κ1) is 18.0. The van der Waals surface area contributed by atoms with Crippen molar-refractivity contribution in [3.05, 3.63) is 33.4 Å². The highest BCUT2D eigenvalue weighted by Gasteiger charge is 2.27. The Kier molecular flexibility index (Phi) is 5.82. The molecule has 1 unspecified atom stereocenters. The van der Waals surface area contributed by atoms with Crippen molar-refractivity contribution in [3.63, 3.8) is 0 Å². The minimum atomic E-state index is -4.33. The standard InChI is InChI=1S/C16H23F3O2/c1-9-10(2)12(4)15(13(5)11(9)3)14(20)6-7-21-8-16(17,18)19/h14,20H,6-8H2,1-5H3. The molecule has 1 aromatic carbocycles. The zero-order chi connectivity index (χ0) is 16.4. The van der Waals surface area contributed by atoms with E-state index in [1.165, 1.54) is 5.56 Å². The van der Waals surface area contributed by atoms with Crippen LogP contribution in [0.2, 0.25) is 0 Å². The van der Waals surface area contributed by atoms with Gasteiger partial charge in [0.15, 0.2) is 0 Å². The second-order valence-corrected chi connectivity index (χ2v) is 5.51. The van der Waals surface area contributed by atoms with Crippen molar-refractivity contribution >= 4 is 0 Å². The number of halogens is 3. The second kappa shape index (κ2) is 6.79. The van der Waals surface area contributed by atoms with E-state index < -0.39 is 18.9 Å². The van der Waals surface area contributed by atoms with Crippen LogP contribution >= 0.6 is 0 Å². The average Bonchev–Trinajstić information content (AvgIpc) is 2.38. The molecule has 0 saturated carbocycles. The summed E-state index contributed by atoms with van der Waals surface area (Å²) in [6.07, 6.45) is -4.98. The first-order valence-electron chi connectivity index (χ1n) is 6.95. The third-order valence-electron chi connectivity index (χ3n) is 4.19. The largest absolute Gasteiger partial charge is 0.411 e. The fraction of sp³-hybridized carbons (Fsp3) is 0.625. The molecule has 1 atom stereocenters. The Balaban J connectivity index is 2.82. The van der Waals surface area contributed by atoms with Crippen molar-refractivity contribution < 1.29 is 23.0 Å². The molecule has 0 aliphatic carbocycles. The molecular weight excluding hydrogens is 281 g/mol. The molecule has 1 rings (SSSR count). The van der Waals surface area contributed by atoms with Gasteiger partial charge in [0.2, 0.25) is 0 Å². The maximum Gasteiger partial charge on any atom is 0.411 e. The Bertz CT molecular complexity index is 478. The molecule has 21 heavy (non-hydrogen) atoms. The number of benzene rings is 1. The van der Waals surface area contributed by atoms with Crippen molar-refractivity contribution in [1.82, 2.24) is 0 Å². The van der Waals surface area contributed by atoms with Crippen molar-refractivity contribution in [3.8, 4) is 0 Å². The SMILES string of the molecule is Cc1c(C)c(C)c(C(O)CCOCC(F)(F)F)c(C)c1C. The van der Waals surface area contributed by atoms with Gasteiger partial charge in [-0.15, -0.1) is 0 Å². The molecule has 0 fully saturated rings. The first-order chi connectivity index (χ1) is 9.56. The van der Waals surface area contributed by atoms with Crippen LogP contribution in [-0.2, 0) is 4.74 Å². The van der Waals surface area contributed by atoms with Gasteiger partial charge < -0.3 is 9.84 Å². The number of hydrogen-bond donors (Lipinski definition) is 1. The Morgan fingerprint density at radius 3 is 1.76 bits per heavy atom. The fourth-order valence-corrected chi connectivity index (χ4v) is 2.56. The van der Waals surface area contributed by atoms with Gasteiger partial charge in [-0.05, 0) is 68.0 Å². The molecule has 0 heterocycles. The summed E-state index contributed by atoms with van der Waals surface area (Å²) < 4.78 is 40.6. The summed E-state index contributed by atoms with van der Waals surface area (Å²) in [5.74, 6) is 0. The van der Waals surface area contributed by atoms with E-state index in [0.29, 0.717) is 0 Å². The maximum atomic E-state index is 12.0. The molecule has 0 aliphatic heterocycles. The molecule has 1 N–H and O–H groups in total. The molecule has 0 radical (unpaired) electrons. The Labute approximate surface area is 123 Å². The van der Waals surface area contributed by atoms with E-state index in [2.05, 4.69) is 4.74 Å². The lowest BCUT2D eigenvalue weighted by Crippen LogP contribution is -2.18. The summed E-state index contributed by atoms with van der Waals surface area (Å²) in [5, 5.41) is 10.3. The van der Waals surface area contributed by atoms with E-state index in [9.17, 15) is 18.3 Å². The van der Waals surface area contributed by atoms with Gasteiger partial charge in [0.1, 0.15) is 6.61 Å². The zero-order valence-corrected chi connectivity index (χ0v) is 13.2. The van der Waals surface area contributed by atoms with Crippen LogP contribution in [0, 0.1) is 34.6 Å². The Morgan fingerprint density at radius 1 is 0.905 bits per heavy atom. The van der Waals surface area contributed by atoms with Crippen LogP contribution in [0.25, 0.3) is 0 Å². The van der Waals surface area contributed by atoms with Crippen LogP contribution in [-0.4, -0.2) is 24.5 Å². The van der Waals surface area contributed by atoms with E-state index in [-0.39, 0.29) is 13.0 Å². The Morgan fingerprint density at radius 2 is 1.33 bits per heavy atom. The summed E-state index contributed by atoms with van der Waals surface area (Å²) in [4.78, 5) is 0. The van der Waals surface area contributed by atoms with Crippen LogP contribution < -0.4 is 0 Å². The third-order valence-corrected chi connectivity index (χ3v) is 4.19. The summed E-state index contributed by atoms with van der Waals surface area (Å²) >= 11 is 0. The molecule has 120 valence electrons. The van der Waals surface area contributed by atoms with Gasteiger partial charge >= 0.3 is 6.18 Å². The minimum Gasteiger partial charge on any atom is -0.388 e. The molecular formula is C16H23F3O2. The molecule has 1 aromatic rings. The summed E-state index contributed by atoms with van der Waals surface area (Å²) in [7, 11) is 0. The van der Waals surface area contributed by atoms with Gasteiger partial charge in [0, 0.05) is 13.0 Å². The van der Waals surface area contributed by atoms with Crippen LogP contribution in [0.5, 0.6) is 0 Å². The lowest BCUT2D eigenvalue weighted by atomic mass is 9.86. The molecule has 0 spiro atoms. The molecule has 5 heteroatoms. The number of aliphatic hydroxyl groups is 1. The normalized spacial score (nSPS) is 13.6. The predicted molar refractivity (Wildman–Crippen MR) is 76.6 cm³/mol. The summed E-state index contributed by atoms with van der Waals surface area (Å²) in [6.45, 7) is 8.50. The molecule has 0 aromatic heterocycles. The van der Waals surface area contributed by atoms with Gasteiger partial charge in [-0.1, -0.05) is 0 Å². The number of alkyl halides is 3. The minimum absolute atomic E-state index is 0.120. The average molecular weight is 304 g/mol. The van der Waals surface area contributed by atoms with Crippen molar-refractivity contribution in [2.45, 2.75) is 53.3 Å². The smallest absolute Gasteiger partial charge is 0.388 e. The van der Waals surface area contributed by atoms with Gasteiger partial charge in [-0.2, -0.15) is 13.2 Å². The molecule has 0 saturated heterocycles. The van der Waals surface area contributed by atoms with Crippen LogP contribution in [0.1, 0.15) is 45.9 Å².